The fourth-order valence-corrected chi connectivity index (χ4v) is 4.61. The number of rotatable bonds is 10. The van der Waals surface area contributed by atoms with Gasteiger partial charge in [-0.3, -0.25) is 19.4 Å². The van der Waals surface area contributed by atoms with Gasteiger partial charge in [-0.1, -0.05) is 39.8 Å². The summed E-state index contributed by atoms with van der Waals surface area (Å²) >= 11 is 0. The number of aliphatic carboxylic acids is 1. The zero-order chi connectivity index (χ0) is 28.3. The molecule has 0 spiro atoms. The molecule has 1 aliphatic heterocycles. The fourth-order valence-electron chi connectivity index (χ4n) is 4.61. The third kappa shape index (κ3) is 6.65. The molecule has 38 heavy (non-hydrogen) atoms. The van der Waals surface area contributed by atoms with Gasteiger partial charge in [0, 0.05) is 17.7 Å². The van der Waals surface area contributed by atoms with Crippen LogP contribution in [0.3, 0.4) is 0 Å². The maximum absolute atomic E-state index is 13.8. The molecule has 2 amide bonds. The SMILES string of the molecule is CC(CCC1(C)N=C(c2ccc(F)cc2)C(=O)N1[C@H](C)c1ccc(C(=O)NCCC(=O)O)cc1)C(C)(C)C. The molecular weight excluding hydrogens is 485 g/mol. The Bertz CT molecular complexity index is 1200. The highest BCUT2D eigenvalue weighted by Gasteiger charge is 2.46. The van der Waals surface area contributed by atoms with Crippen molar-refractivity contribution in [1.82, 2.24) is 10.2 Å². The van der Waals surface area contributed by atoms with E-state index >= 15 is 0 Å². The standard InChI is InChI=1S/C30H38FN3O4/c1-19(29(3,4)5)15-17-30(6)33-26(22-11-13-24(31)14-12-22)28(38)34(30)20(2)21-7-9-23(10-8-21)27(37)32-18-16-25(35)36/h7-14,19-20H,15-18H2,1-6H3,(H,32,37)(H,35,36)/t19?,20-,30?/m1/s1. The third-order valence-corrected chi connectivity index (χ3v) is 7.61. The fraction of sp³-hybridized carbons (Fsp3) is 0.467. The molecule has 2 aromatic rings. The summed E-state index contributed by atoms with van der Waals surface area (Å²) in [5, 5.41) is 11.4. The average molecular weight is 524 g/mol. The number of nitrogens with zero attached hydrogens (tertiary/aromatic N) is 2. The molecule has 7 nitrogen and oxygen atoms in total. The monoisotopic (exact) mass is 523 g/mol. The van der Waals surface area contributed by atoms with Crippen molar-refractivity contribution in [2.45, 2.75) is 72.5 Å². The summed E-state index contributed by atoms with van der Waals surface area (Å²) < 4.78 is 13.6. The Labute approximate surface area is 224 Å². The van der Waals surface area contributed by atoms with Crippen LogP contribution < -0.4 is 5.32 Å². The number of halogens is 1. The predicted molar refractivity (Wildman–Crippen MR) is 145 cm³/mol. The summed E-state index contributed by atoms with van der Waals surface area (Å²) in [4.78, 5) is 43.6. The van der Waals surface area contributed by atoms with Crippen molar-refractivity contribution in [3.8, 4) is 0 Å². The van der Waals surface area contributed by atoms with Crippen molar-refractivity contribution in [2.24, 2.45) is 16.3 Å². The molecule has 8 heteroatoms. The van der Waals surface area contributed by atoms with Crippen LogP contribution in [0.5, 0.6) is 0 Å². The Morgan fingerprint density at radius 3 is 2.24 bits per heavy atom. The van der Waals surface area contributed by atoms with Crippen molar-refractivity contribution < 1.29 is 23.9 Å². The molecule has 0 radical (unpaired) electrons. The van der Waals surface area contributed by atoms with E-state index in [2.05, 4.69) is 33.0 Å². The van der Waals surface area contributed by atoms with Crippen molar-refractivity contribution in [1.29, 1.82) is 0 Å². The van der Waals surface area contributed by atoms with Gasteiger partial charge in [-0.25, -0.2) is 4.39 Å². The summed E-state index contributed by atoms with van der Waals surface area (Å²) in [6.07, 6.45) is 1.38. The van der Waals surface area contributed by atoms with Crippen LogP contribution in [0.2, 0.25) is 0 Å². The Hall–Kier alpha value is -3.55. The molecule has 1 heterocycles. The zero-order valence-electron chi connectivity index (χ0n) is 23.0. The lowest BCUT2D eigenvalue weighted by molar-refractivity contribution is -0.136. The average Bonchev–Trinajstić information content (AvgIpc) is 3.12. The summed E-state index contributed by atoms with van der Waals surface area (Å²) in [5.41, 5.74) is 1.45. The third-order valence-electron chi connectivity index (χ3n) is 7.61. The lowest BCUT2D eigenvalue weighted by atomic mass is 9.78. The van der Waals surface area contributed by atoms with Crippen LogP contribution in [0.15, 0.2) is 53.5 Å². The molecule has 204 valence electrons. The maximum atomic E-state index is 13.8. The molecule has 3 atom stereocenters. The van der Waals surface area contributed by atoms with Crippen molar-refractivity contribution in [3.63, 3.8) is 0 Å². The Morgan fingerprint density at radius 1 is 1.08 bits per heavy atom. The second-order valence-corrected chi connectivity index (χ2v) is 11.4. The van der Waals surface area contributed by atoms with Gasteiger partial charge in [-0.05, 0) is 80.0 Å². The molecule has 0 fully saturated rings. The van der Waals surface area contributed by atoms with E-state index in [4.69, 9.17) is 10.1 Å². The van der Waals surface area contributed by atoms with Crippen LogP contribution >= 0.6 is 0 Å². The lowest BCUT2D eigenvalue weighted by Crippen LogP contribution is -2.46. The Morgan fingerprint density at radius 2 is 1.68 bits per heavy atom. The van der Waals surface area contributed by atoms with Gasteiger partial charge in [-0.2, -0.15) is 0 Å². The van der Waals surface area contributed by atoms with Gasteiger partial charge in [0.15, 0.2) is 0 Å². The molecule has 0 bridgehead atoms. The van der Waals surface area contributed by atoms with Crippen molar-refractivity contribution >= 4 is 23.5 Å². The quantitative estimate of drug-likeness (QED) is 0.423. The second kappa shape index (κ2) is 11.5. The first-order valence-electron chi connectivity index (χ1n) is 13.0. The molecule has 0 saturated heterocycles. The number of carbonyl (C=O) groups is 3. The van der Waals surface area contributed by atoms with Crippen molar-refractivity contribution in [3.05, 3.63) is 71.0 Å². The Balaban J connectivity index is 1.88. The van der Waals surface area contributed by atoms with Crippen LogP contribution in [-0.2, 0) is 9.59 Å². The van der Waals surface area contributed by atoms with E-state index < -0.39 is 11.6 Å². The summed E-state index contributed by atoms with van der Waals surface area (Å²) in [7, 11) is 0. The van der Waals surface area contributed by atoms with Gasteiger partial charge in [0.1, 0.15) is 17.2 Å². The smallest absolute Gasteiger partial charge is 0.305 e. The number of carboxylic acids is 1. The maximum Gasteiger partial charge on any atom is 0.305 e. The Kier molecular flexibility index (Phi) is 8.75. The highest BCUT2D eigenvalue weighted by atomic mass is 19.1. The largest absolute Gasteiger partial charge is 0.481 e. The minimum absolute atomic E-state index is 0.0451. The molecule has 1 aliphatic rings. The van der Waals surface area contributed by atoms with Crippen LogP contribution in [0, 0.1) is 17.2 Å². The molecule has 0 aromatic heterocycles. The molecule has 3 rings (SSSR count). The van der Waals surface area contributed by atoms with Gasteiger partial charge >= 0.3 is 5.97 Å². The number of carbonyl (C=O) groups excluding carboxylic acids is 2. The van der Waals surface area contributed by atoms with Crippen molar-refractivity contribution in [2.75, 3.05) is 6.54 Å². The van der Waals surface area contributed by atoms with Crippen LogP contribution in [-0.4, -0.2) is 45.7 Å². The first kappa shape index (κ1) is 29.0. The number of benzene rings is 2. The lowest BCUT2D eigenvalue weighted by Gasteiger charge is -2.39. The topological polar surface area (TPSA) is 99.1 Å². The first-order chi connectivity index (χ1) is 17.7. The van der Waals surface area contributed by atoms with Crippen LogP contribution in [0.4, 0.5) is 4.39 Å². The summed E-state index contributed by atoms with van der Waals surface area (Å²) in [6, 6.07) is 12.4. The molecule has 2 aromatic carbocycles. The highest BCUT2D eigenvalue weighted by molar-refractivity contribution is 6.46. The van der Waals surface area contributed by atoms with Gasteiger partial charge in [0.2, 0.25) is 0 Å². The van der Waals surface area contributed by atoms with E-state index in [0.29, 0.717) is 29.2 Å². The summed E-state index contributed by atoms with van der Waals surface area (Å²) in [6.45, 7) is 12.8. The number of amides is 2. The number of hydrogen-bond donors (Lipinski definition) is 2. The van der Waals surface area contributed by atoms with Gasteiger partial charge in [-0.15, -0.1) is 0 Å². The van der Waals surface area contributed by atoms with Gasteiger partial charge in [0.05, 0.1) is 12.5 Å². The number of hydrogen-bond acceptors (Lipinski definition) is 4. The molecular formula is C30H38FN3O4. The number of carboxylic acid groups (broad SMARTS) is 1. The highest BCUT2D eigenvalue weighted by Crippen LogP contribution is 2.40. The van der Waals surface area contributed by atoms with Gasteiger partial charge in [0.25, 0.3) is 11.8 Å². The summed E-state index contributed by atoms with van der Waals surface area (Å²) in [5.74, 6) is -1.53. The first-order valence-corrected chi connectivity index (χ1v) is 13.0. The van der Waals surface area contributed by atoms with Crippen LogP contribution in [0.25, 0.3) is 0 Å². The number of nitrogens with one attached hydrogen (secondary N) is 1. The predicted octanol–water partition coefficient (Wildman–Crippen LogP) is 5.60. The van der Waals surface area contributed by atoms with E-state index in [-0.39, 0.29) is 42.1 Å². The van der Waals surface area contributed by atoms with E-state index in [1.807, 2.05) is 13.8 Å². The number of aliphatic imine (C=N–C) groups is 1. The van der Waals surface area contributed by atoms with E-state index in [0.717, 1.165) is 12.0 Å². The molecule has 0 aliphatic carbocycles. The molecule has 2 unspecified atom stereocenters. The minimum atomic E-state index is -0.980. The molecule has 2 N–H and O–H groups in total. The van der Waals surface area contributed by atoms with E-state index in [9.17, 15) is 18.8 Å². The zero-order valence-corrected chi connectivity index (χ0v) is 23.0. The van der Waals surface area contributed by atoms with Crippen LogP contribution in [0.1, 0.15) is 88.3 Å². The second-order valence-electron chi connectivity index (χ2n) is 11.4. The normalized spacial score (nSPS) is 19.2. The van der Waals surface area contributed by atoms with E-state index in [1.165, 1.54) is 12.1 Å². The molecule has 0 saturated carbocycles. The van der Waals surface area contributed by atoms with Gasteiger partial charge < -0.3 is 15.3 Å². The minimum Gasteiger partial charge on any atom is -0.481 e. The van der Waals surface area contributed by atoms with E-state index in [1.54, 1.807) is 41.3 Å².